The molecular formula is C16H16Cl2N2. The van der Waals surface area contributed by atoms with Gasteiger partial charge in [-0.05, 0) is 13.8 Å². The van der Waals surface area contributed by atoms with E-state index in [0.29, 0.717) is 0 Å². The topological polar surface area (TPSA) is 8.72 Å². The second-order valence-electron chi connectivity index (χ2n) is 3.90. The largest absolute Gasteiger partial charge is 0.238 e. The highest BCUT2D eigenvalue weighted by Gasteiger charge is 1.87. The molecule has 2 aromatic carbocycles. The zero-order valence-electron chi connectivity index (χ0n) is 11.3. The van der Waals surface area contributed by atoms with Gasteiger partial charge in [-0.25, -0.2) is 9.69 Å². The first-order valence-electron chi connectivity index (χ1n) is 5.54. The van der Waals surface area contributed by atoms with Crippen molar-refractivity contribution in [3.63, 3.8) is 0 Å². The van der Waals surface area contributed by atoms with E-state index in [9.17, 15) is 0 Å². The highest BCUT2D eigenvalue weighted by molar-refractivity contribution is 5.85. The van der Waals surface area contributed by atoms with Gasteiger partial charge >= 0.3 is 0 Å². The lowest BCUT2D eigenvalue weighted by atomic mass is 10.2. The standard InChI is InChI=1S/2C8H7N.2ClH/c2*1-7-4-3-5-8(6-7)9-2;;/h2*3-6H,1H3;2*1H. The Kier molecular flexibility index (Phi) is 11.1. The average Bonchev–Trinajstić information content (AvgIpc) is 2.39. The van der Waals surface area contributed by atoms with Crippen LogP contribution in [-0.4, -0.2) is 0 Å². The Labute approximate surface area is 132 Å². The molecule has 0 aliphatic rings. The Morgan fingerprint density at radius 2 is 1.05 bits per heavy atom. The molecule has 2 aromatic rings. The van der Waals surface area contributed by atoms with Crippen molar-refractivity contribution in [1.82, 2.24) is 0 Å². The fourth-order valence-corrected chi connectivity index (χ4v) is 1.40. The van der Waals surface area contributed by atoms with E-state index in [0.717, 1.165) is 22.5 Å². The van der Waals surface area contributed by atoms with Crippen molar-refractivity contribution in [2.24, 2.45) is 0 Å². The summed E-state index contributed by atoms with van der Waals surface area (Å²) in [6.07, 6.45) is 0. The normalized spacial score (nSPS) is 7.60. The van der Waals surface area contributed by atoms with Crippen LogP contribution in [0.2, 0.25) is 0 Å². The summed E-state index contributed by atoms with van der Waals surface area (Å²) in [4.78, 5) is 6.56. The number of rotatable bonds is 0. The van der Waals surface area contributed by atoms with Crippen LogP contribution in [0.1, 0.15) is 11.1 Å². The van der Waals surface area contributed by atoms with Crippen molar-refractivity contribution < 1.29 is 0 Å². The van der Waals surface area contributed by atoms with E-state index in [1.807, 2.05) is 50.2 Å². The number of halogens is 2. The van der Waals surface area contributed by atoms with Gasteiger partial charge in [-0.3, -0.25) is 0 Å². The van der Waals surface area contributed by atoms with Crippen LogP contribution in [0.3, 0.4) is 0 Å². The van der Waals surface area contributed by atoms with Crippen LogP contribution in [0.5, 0.6) is 0 Å². The van der Waals surface area contributed by atoms with E-state index in [1.165, 1.54) is 0 Å². The van der Waals surface area contributed by atoms with E-state index in [1.54, 1.807) is 12.1 Å². The van der Waals surface area contributed by atoms with Gasteiger partial charge in [0, 0.05) is 0 Å². The fourth-order valence-electron chi connectivity index (χ4n) is 1.40. The number of hydrogen-bond donors (Lipinski definition) is 0. The van der Waals surface area contributed by atoms with Crippen molar-refractivity contribution in [3.05, 3.63) is 82.5 Å². The van der Waals surface area contributed by atoms with Crippen LogP contribution in [0.25, 0.3) is 9.69 Å². The van der Waals surface area contributed by atoms with Gasteiger partial charge in [0.2, 0.25) is 0 Å². The van der Waals surface area contributed by atoms with Gasteiger partial charge in [0.05, 0.1) is 13.1 Å². The van der Waals surface area contributed by atoms with Crippen molar-refractivity contribution >= 4 is 36.2 Å². The Bertz CT molecular complexity index is 555. The summed E-state index contributed by atoms with van der Waals surface area (Å²) in [5, 5.41) is 0. The Morgan fingerprint density at radius 1 is 0.700 bits per heavy atom. The summed E-state index contributed by atoms with van der Waals surface area (Å²) in [7, 11) is 0. The lowest BCUT2D eigenvalue weighted by Gasteiger charge is -1.89. The van der Waals surface area contributed by atoms with Crippen molar-refractivity contribution in [2.75, 3.05) is 0 Å². The number of aryl methyl sites for hydroxylation is 2. The first-order valence-corrected chi connectivity index (χ1v) is 5.54. The molecule has 20 heavy (non-hydrogen) atoms. The molecular weight excluding hydrogens is 291 g/mol. The summed E-state index contributed by atoms with van der Waals surface area (Å²) >= 11 is 0. The lowest BCUT2D eigenvalue weighted by Crippen LogP contribution is -1.65. The SMILES string of the molecule is Cl.Cl.[C-]#[N+]c1cccc(C)c1.[C-]#[N+]c1cccc(C)c1. The molecule has 0 bridgehead atoms. The Hall–Kier alpha value is -2.00. The maximum absolute atomic E-state index is 6.67. The highest BCUT2D eigenvalue weighted by Crippen LogP contribution is 2.12. The predicted octanol–water partition coefficient (Wildman–Crippen LogP) is 5.94. The maximum Gasteiger partial charge on any atom is 0.187 e. The van der Waals surface area contributed by atoms with Crippen LogP contribution in [0.4, 0.5) is 11.4 Å². The molecule has 104 valence electrons. The van der Waals surface area contributed by atoms with E-state index in [-0.39, 0.29) is 24.8 Å². The Morgan fingerprint density at radius 3 is 1.25 bits per heavy atom. The molecule has 0 aliphatic heterocycles. The molecule has 0 N–H and O–H groups in total. The van der Waals surface area contributed by atoms with E-state index in [4.69, 9.17) is 13.1 Å². The molecule has 2 rings (SSSR count). The molecule has 0 atom stereocenters. The van der Waals surface area contributed by atoms with E-state index in [2.05, 4.69) is 9.69 Å². The smallest absolute Gasteiger partial charge is 0.187 e. The van der Waals surface area contributed by atoms with Gasteiger partial charge in [0.1, 0.15) is 0 Å². The molecule has 0 spiro atoms. The molecule has 0 heterocycles. The van der Waals surface area contributed by atoms with Crippen molar-refractivity contribution in [3.8, 4) is 0 Å². The minimum atomic E-state index is 0. The highest BCUT2D eigenvalue weighted by atomic mass is 35.5. The average molecular weight is 307 g/mol. The molecule has 0 saturated carbocycles. The molecule has 0 fully saturated rings. The molecule has 0 aromatic heterocycles. The number of benzene rings is 2. The van der Waals surface area contributed by atoms with Gasteiger partial charge in [0.25, 0.3) is 0 Å². The van der Waals surface area contributed by atoms with Crippen LogP contribution in [-0.2, 0) is 0 Å². The molecule has 4 heteroatoms. The van der Waals surface area contributed by atoms with E-state index < -0.39 is 0 Å². The summed E-state index contributed by atoms with van der Waals surface area (Å²) in [6, 6.07) is 15.1. The third-order valence-corrected chi connectivity index (χ3v) is 2.26. The second kappa shape index (κ2) is 10.9. The fraction of sp³-hybridized carbons (Fsp3) is 0.125. The Balaban J connectivity index is 0. The van der Waals surface area contributed by atoms with Gasteiger partial charge < -0.3 is 0 Å². The maximum atomic E-state index is 6.67. The minimum absolute atomic E-state index is 0. The van der Waals surface area contributed by atoms with Crippen LogP contribution in [0, 0.1) is 27.0 Å². The molecule has 0 radical (unpaired) electrons. The zero-order valence-corrected chi connectivity index (χ0v) is 13.0. The third kappa shape index (κ3) is 7.44. The molecule has 0 aliphatic carbocycles. The lowest BCUT2D eigenvalue weighted by molar-refractivity contribution is 1.48. The van der Waals surface area contributed by atoms with Crippen LogP contribution in [0.15, 0.2) is 48.5 Å². The summed E-state index contributed by atoms with van der Waals surface area (Å²) < 4.78 is 0. The molecule has 0 unspecified atom stereocenters. The van der Waals surface area contributed by atoms with Gasteiger partial charge in [0.15, 0.2) is 11.4 Å². The predicted molar refractivity (Wildman–Crippen MR) is 89.4 cm³/mol. The van der Waals surface area contributed by atoms with Gasteiger partial charge in [-0.1, -0.05) is 59.7 Å². The first-order chi connectivity index (χ1) is 8.65. The first kappa shape index (κ1) is 20.3. The minimum Gasteiger partial charge on any atom is -0.238 e. The monoisotopic (exact) mass is 306 g/mol. The molecule has 0 saturated heterocycles. The summed E-state index contributed by atoms with van der Waals surface area (Å²) in [5.74, 6) is 0. The summed E-state index contributed by atoms with van der Waals surface area (Å²) in [5.41, 5.74) is 3.72. The molecule has 0 amide bonds. The second-order valence-corrected chi connectivity index (χ2v) is 3.90. The van der Waals surface area contributed by atoms with Crippen molar-refractivity contribution in [1.29, 1.82) is 0 Å². The number of nitrogens with zero attached hydrogens (tertiary/aromatic N) is 2. The zero-order chi connectivity index (χ0) is 13.4. The quantitative estimate of drug-likeness (QED) is 0.533. The van der Waals surface area contributed by atoms with Gasteiger partial charge in [-0.15, -0.1) is 24.8 Å². The van der Waals surface area contributed by atoms with Crippen LogP contribution >= 0.6 is 24.8 Å². The number of hydrogen-bond acceptors (Lipinski definition) is 0. The summed E-state index contributed by atoms with van der Waals surface area (Å²) in [6.45, 7) is 17.3. The van der Waals surface area contributed by atoms with Gasteiger partial charge in [-0.2, -0.15) is 0 Å². The third-order valence-electron chi connectivity index (χ3n) is 2.26. The van der Waals surface area contributed by atoms with Crippen molar-refractivity contribution in [2.45, 2.75) is 13.8 Å². The van der Waals surface area contributed by atoms with Crippen LogP contribution < -0.4 is 0 Å². The molecule has 2 nitrogen and oxygen atoms in total. The van der Waals surface area contributed by atoms with E-state index >= 15 is 0 Å².